The number of hydrogen-bond donors (Lipinski definition) is 0. The molecule has 0 aromatic heterocycles. The van der Waals surface area contributed by atoms with Gasteiger partial charge in [-0.25, -0.2) is 0 Å². The quantitative estimate of drug-likeness (QED) is 0.298. The van der Waals surface area contributed by atoms with Crippen molar-refractivity contribution >= 4 is 0 Å². The molecule has 0 bridgehead atoms. The predicted molar refractivity (Wildman–Crippen MR) is 105 cm³/mol. The Morgan fingerprint density at radius 1 is 0.696 bits per heavy atom. The fourth-order valence-electron chi connectivity index (χ4n) is 5.21. The van der Waals surface area contributed by atoms with Crippen molar-refractivity contribution in [3.8, 4) is 0 Å². The molecule has 1 nitrogen and oxygen atoms in total. The zero-order valence-electron chi connectivity index (χ0n) is 17.6. The molecule has 0 unspecified atom stereocenters. The molecule has 0 saturated carbocycles. The molecule has 0 spiro atoms. The van der Waals surface area contributed by atoms with Gasteiger partial charge in [0.15, 0.2) is 0 Å². The van der Waals surface area contributed by atoms with Gasteiger partial charge < -0.3 is 4.74 Å². The van der Waals surface area contributed by atoms with Gasteiger partial charge in [-0.1, -0.05) is 87.0 Å². The standard InChI is InChI=1S/C22H46O/c1-9-13-14-15-16-17-18-21(10-2,11-3)22(19(5)6,20(7)8)23-12-4/h19-20H,9-18H2,1-8H3. The molecule has 0 aliphatic rings. The van der Waals surface area contributed by atoms with Gasteiger partial charge in [0.1, 0.15) is 0 Å². The van der Waals surface area contributed by atoms with Gasteiger partial charge in [0.05, 0.1) is 5.60 Å². The fraction of sp³-hybridized carbons (Fsp3) is 1.00. The molecular formula is C22H46O. The normalized spacial score (nSPS) is 13.3. The minimum absolute atomic E-state index is 0.00860. The molecule has 0 rings (SSSR count). The lowest BCUT2D eigenvalue weighted by molar-refractivity contribution is -0.196. The second-order valence-electron chi connectivity index (χ2n) is 8.04. The number of hydrogen-bond acceptors (Lipinski definition) is 1. The summed E-state index contributed by atoms with van der Waals surface area (Å²) >= 11 is 0. The highest BCUT2D eigenvalue weighted by molar-refractivity contribution is 5.03. The maximum Gasteiger partial charge on any atom is 0.0783 e. The third kappa shape index (κ3) is 5.48. The van der Waals surface area contributed by atoms with Gasteiger partial charge in [0.25, 0.3) is 0 Å². The highest BCUT2D eigenvalue weighted by Gasteiger charge is 2.53. The first-order chi connectivity index (χ1) is 10.9. The molecule has 0 aromatic carbocycles. The molecule has 23 heavy (non-hydrogen) atoms. The Kier molecular flexibility index (Phi) is 11.5. The van der Waals surface area contributed by atoms with E-state index in [4.69, 9.17) is 4.74 Å². The van der Waals surface area contributed by atoms with Crippen molar-refractivity contribution in [2.24, 2.45) is 17.3 Å². The Morgan fingerprint density at radius 3 is 1.57 bits per heavy atom. The first-order valence-electron chi connectivity index (χ1n) is 10.5. The highest BCUT2D eigenvalue weighted by Crippen LogP contribution is 2.53. The average molecular weight is 327 g/mol. The van der Waals surface area contributed by atoms with E-state index >= 15 is 0 Å². The molecule has 0 aromatic rings. The van der Waals surface area contributed by atoms with Gasteiger partial charge >= 0.3 is 0 Å². The Morgan fingerprint density at radius 2 is 1.17 bits per heavy atom. The number of rotatable bonds is 14. The Bertz CT molecular complexity index is 268. The Labute approximate surface area is 148 Å². The summed E-state index contributed by atoms with van der Waals surface area (Å²) < 4.78 is 6.60. The van der Waals surface area contributed by atoms with Crippen molar-refractivity contribution in [1.82, 2.24) is 0 Å². The van der Waals surface area contributed by atoms with Crippen molar-refractivity contribution < 1.29 is 4.74 Å². The van der Waals surface area contributed by atoms with E-state index in [1.807, 2.05) is 0 Å². The molecule has 0 fully saturated rings. The third-order valence-electron chi connectivity index (χ3n) is 6.29. The largest absolute Gasteiger partial charge is 0.374 e. The lowest BCUT2D eigenvalue weighted by atomic mass is 9.56. The zero-order chi connectivity index (χ0) is 17.9. The molecule has 0 saturated heterocycles. The summed E-state index contributed by atoms with van der Waals surface area (Å²) in [5, 5.41) is 0. The molecule has 0 amide bonds. The topological polar surface area (TPSA) is 9.23 Å². The first-order valence-corrected chi connectivity index (χ1v) is 10.5. The summed E-state index contributed by atoms with van der Waals surface area (Å²) in [4.78, 5) is 0. The molecular weight excluding hydrogens is 280 g/mol. The summed E-state index contributed by atoms with van der Waals surface area (Å²) in [5.41, 5.74) is 0.324. The molecule has 0 aliphatic heterocycles. The van der Waals surface area contributed by atoms with Crippen molar-refractivity contribution in [2.75, 3.05) is 6.61 Å². The van der Waals surface area contributed by atoms with E-state index in [1.54, 1.807) is 0 Å². The van der Waals surface area contributed by atoms with Crippen molar-refractivity contribution in [1.29, 1.82) is 0 Å². The van der Waals surface area contributed by atoms with Crippen LogP contribution in [0, 0.1) is 17.3 Å². The minimum Gasteiger partial charge on any atom is -0.374 e. The maximum absolute atomic E-state index is 6.60. The molecule has 0 heterocycles. The van der Waals surface area contributed by atoms with Crippen LogP contribution in [-0.4, -0.2) is 12.2 Å². The van der Waals surface area contributed by atoms with Crippen LogP contribution in [-0.2, 0) is 4.74 Å². The maximum atomic E-state index is 6.60. The summed E-state index contributed by atoms with van der Waals surface area (Å²) in [5.74, 6) is 1.12. The molecule has 0 radical (unpaired) electrons. The van der Waals surface area contributed by atoms with Gasteiger partial charge in [0.2, 0.25) is 0 Å². The third-order valence-corrected chi connectivity index (χ3v) is 6.29. The van der Waals surface area contributed by atoms with Crippen LogP contribution < -0.4 is 0 Å². The Balaban J connectivity index is 5.18. The van der Waals surface area contributed by atoms with Crippen LogP contribution >= 0.6 is 0 Å². The van der Waals surface area contributed by atoms with E-state index < -0.39 is 0 Å². The van der Waals surface area contributed by atoms with Gasteiger partial charge in [-0.2, -0.15) is 0 Å². The lowest BCUT2D eigenvalue weighted by Crippen LogP contribution is -2.57. The molecule has 0 N–H and O–H groups in total. The summed E-state index contributed by atoms with van der Waals surface area (Å²) in [6.07, 6.45) is 12.1. The van der Waals surface area contributed by atoms with E-state index in [9.17, 15) is 0 Å². The van der Waals surface area contributed by atoms with Gasteiger partial charge in [-0.05, 0) is 43.4 Å². The summed E-state index contributed by atoms with van der Waals surface area (Å²) in [6, 6.07) is 0. The number of unbranched alkanes of at least 4 members (excludes halogenated alkanes) is 5. The molecule has 140 valence electrons. The van der Waals surface area contributed by atoms with Crippen molar-refractivity contribution in [3.63, 3.8) is 0 Å². The van der Waals surface area contributed by atoms with Crippen molar-refractivity contribution in [2.45, 2.75) is 119 Å². The predicted octanol–water partition coefficient (Wildman–Crippen LogP) is 7.63. The summed E-state index contributed by atoms with van der Waals surface area (Å²) in [7, 11) is 0. The highest BCUT2D eigenvalue weighted by atomic mass is 16.5. The van der Waals surface area contributed by atoms with Crippen LogP contribution in [0.25, 0.3) is 0 Å². The SMILES string of the molecule is CCCCCCCCC(CC)(CC)C(OCC)(C(C)C)C(C)C. The fourth-order valence-corrected chi connectivity index (χ4v) is 5.21. The van der Waals surface area contributed by atoms with E-state index in [2.05, 4.69) is 55.4 Å². The van der Waals surface area contributed by atoms with Crippen LogP contribution in [0.4, 0.5) is 0 Å². The van der Waals surface area contributed by atoms with Gasteiger partial charge in [0, 0.05) is 6.61 Å². The molecule has 0 atom stereocenters. The monoisotopic (exact) mass is 326 g/mol. The molecule has 0 aliphatic carbocycles. The lowest BCUT2D eigenvalue weighted by Gasteiger charge is -2.55. The Hall–Kier alpha value is -0.0400. The van der Waals surface area contributed by atoms with E-state index in [1.165, 1.54) is 57.8 Å². The second kappa shape index (κ2) is 11.5. The van der Waals surface area contributed by atoms with Crippen LogP contribution in [0.2, 0.25) is 0 Å². The smallest absolute Gasteiger partial charge is 0.0783 e. The second-order valence-corrected chi connectivity index (χ2v) is 8.04. The van der Waals surface area contributed by atoms with E-state index in [0.29, 0.717) is 17.3 Å². The van der Waals surface area contributed by atoms with Crippen LogP contribution in [0.15, 0.2) is 0 Å². The average Bonchev–Trinajstić information content (AvgIpc) is 2.52. The van der Waals surface area contributed by atoms with Crippen LogP contribution in [0.1, 0.15) is 113 Å². The minimum atomic E-state index is 0.00860. The van der Waals surface area contributed by atoms with Crippen LogP contribution in [0.5, 0.6) is 0 Å². The number of ether oxygens (including phenoxy) is 1. The van der Waals surface area contributed by atoms with E-state index in [-0.39, 0.29) is 5.60 Å². The van der Waals surface area contributed by atoms with Crippen LogP contribution in [0.3, 0.4) is 0 Å². The van der Waals surface area contributed by atoms with Crippen molar-refractivity contribution in [3.05, 3.63) is 0 Å². The zero-order valence-corrected chi connectivity index (χ0v) is 17.6. The summed E-state index contributed by atoms with van der Waals surface area (Å²) in [6.45, 7) is 19.6. The first kappa shape index (κ1) is 23.0. The van der Waals surface area contributed by atoms with E-state index in [0.717, 1.165) is 6.61 Å². The van der Waals surface area contributed by atoms with Gasteiger partial charge in [-0.3, -0.25) is 0 Å². The molecule has 1 heteroatoms. The van der Waals surface area contributed by atoms with Gasteiger partial charge in [-0.15, -0.1) is 0 Å².